The van der Waals surface area contributed by atoms with E-state index < -0.39 is 10.0 Å². The van der Waals surface area contributed by atoms with Crippen LogP contribution in [0.5, 0.6) is 0 Å². The normalized spacial score (nSPS) is 16.2. The fraction of sp³-hybridized carbons (Fsp3) is 0.385. The van der Waals surface area contributed by atoms with Crippen molar-refractivity contribution >= 4 is 21.6 Å². The summed E-state index contributed by atoms with van der Waals surface area (Å²) >= 11 is 6.06. The molecule has 0 radical (unpaired) electrons. The maximum Gasteiger partial charge on any atom is 0.242 e. The van der Waals surface area contributed by atoms with E-state index >= 15 is 0 Å². The van der Waals surface area contributed by atoms with E-state index in [1.807, 2.05) is 6.08 Å². The highest BCUT2D eigenvalue weighted by Gasteiger charge is 2.19. The lowest BCUT2D eigenvalue weighted by atomic mass is 10.1. The van der Waals surface area contributed by atoms with Crippen LogP contribution in [0.3, 0.4) is 0 Å². The van der Waals surface area contributed by atoms with Crippen LogP contribution in [0.15, 0.2) is 34.7 Å². The SMILES string of the molecule is Cc1cccc(S(=O)(=O)NCC2=CCNCC2)c1Cl. The van der Waals surface area contributed by atoms with Crippen LogP contribution in [0.25, 0.3) is 0 Å². The minimum absolute atomic E-state index is 0.142. The van der Waals surface area contributed by atoms with Crippen molar-refractivity contribution in [1.29, 1.82) is 0 Å². The molecule has 1 aliphatic heterocycles. The number of halogens is 1. The lowest BCUT2D eigenvalue weighted by Crippen LogP contribution is -2.30. The molecular weight excluding hydrogens is 284 g/mol. The highest BCUT2D eigenvalue weighted by Crippen LogP contribution is 2.24. The number of rotatable bonds is 4. The Balaban J connectivity index is 2.14. The quantitative estimate of drug-likeness (QED) is 0.834. The van der Waals surface area contributed by atoms with Crippen LogP contribution in [0, 0.1) is 6.92 Å². The number of benzene rings is 1. The van der Waals surface area contributed by atoms with Crippen molar-refractivity contribution in [2.75, 3.05) is 19.6 Å². The average molecular weight is 301 g/mol. The lowest BCUT2D eigenvalue weighted by molar-refractivity contribution is 0.582. The molecule has 0 amide bonds. The van der Waals surface area contributed by atoms with Crippen molar-refractivity contribution in [2.24, 2.45) is 0 Å². The summed E-state index contributed by atoms with van der Waals surface area (Å²) in [6, 6.07) is 5.00. The molecule has 2 rings (SSSR count). The van der Waals surface area contributed by atoms with Crippen LogP contribution in [-0.4, -0.2) is 28.1 Å². The highest BCUT2D eigenvalue weighted by atomic mass is 35.5. The van der Waals surface area contributed by atoms with Gasteiger partial charge in [-0.2, -0.15) is 0 Å². The van der Waals surface area contributed by atoms with Crippen molar-refractivity contribution in [3.05, 3.63) is 40.4 Å². The molecule has 1 aromatic carbocycles. The van der Waals surface area contributed by atoms with E-state index in [2.05, 4.69) is 10.0 Å². The summed E-state index contributed by atoms with van der Waals surface area (Å²) in [6.07, 6.45) is 2.88. The van der Waals surface area contributed by atoms with Gasteiger partial charge < -0.3 is 5.32 Å². The molecule has 1 aliphatic rings. The van der Waals surface area contributed by atoms with Gasteiger partial charge in [0.1, 0.15) is 4.90 Å². The molecule has 1 aromatic rings. The Morgan fingerprint density at radius 2 is 2.21 bits per heavy atom. The Morgan fingerprint density at radius 3 is 2.89 bits per heavy atom. The monoisotopic (exact) mass is 300 g/mol. The van der Waals surface area contributed by atoms with Gasteiger partial charge in [0.2, 0.25) is 10.0 Å². The summed E-state index contributed by atoms with van der Waals surface area (Å²) in [5.74, 6) is 0. The number of nitrogens with one attached hydrogen (secondary N) is 2. The molecule has 104 valence electrons. The van der Waals surface area contributed by atoms with Gasteiger partial charge in [0, 0.05) is 13.1 Å². The number of hydrogen-bond donors (Lipinski definition) is 2. The van der Waals surface area contributed by atoms with Gasteiger partial charge in [-0.25, -0.2) is 13.1 Å². The van der Waals surface area contributed by atoms with Crippen LogP contribution in [0.2, 0.25) is 5.02 Å². The molecule has 6 heteroatoms. The predicted octanol–water partition coefficient (Wildman–Crippen LogP) is 1.85. The zero-order valence-electron chi connectivity index (χ0n) is 10.7. The van der Waals surface area contributed by atoms with Crippen molar-refractivity contribution in [3.8, 4) is 0 Å². The van der Waals surface area contributed by atoms with Gasteiger partial charge in [-0.3, -0.25) is 0 Å². The maximum atomic E-state index is 12.2. The van der Waals surface area contributed by atoms with Crippen molar-refractivity contribution < 1.29 is 8.42 Å². The summed E-state index contributed by atoms with van der Waals surface area (Å²) in [5.41, 5.74) is 1.86. The topological polar surface area (TPSA) is 58.2 Å². The molecule has 0 bridgehead atoms. The van der Waals surface area contributed by atoms with Crippen molar-refractivity contribution in [3.63, 3.8) is 0 Å². The standard InChI is InChI=1S/C13H17ClN2O2S/c1-10-3-2-4-12(13(10)14)19(17,18)16-9-11-5-7-15-8-6-11/h2-5,15-16H,6-9H2,1H3. The maximum absolute atomic E-state index is 12.2. The van der Waals surface area contributed by atoms with Crippen LogP contribution >= 0.6 is 11.6 Å². The molecule has 0 spiro atoms. The first-order valence-electron chi connectivity index (χ1n) is 6.14. The minimum Gasteiger partial charge on any atom is -0.313 e. The summed E-state index contributed by atoms with van der Waals surface area (Å²) < 4.78 is 27.0. The first-order chi connectivity index (χ1) is 9.00. The molecular formula is C13H17ClN2O2S. The molecule has 1 heterocycles. The first kappa shape index (κ1) is 14.5. The zero-order valence-corrected chi connectivity index (χ0v) is 12.3. The van der Waals surface area contributed by atoms with Crippen molar-refractivity contribution in [1.82, 2.24) is 10.0 Å². The Bertz CT molecular complexity index is 597. The largest absolute Gasteiger partial charge is 0.313 e. The van der Waals surface area contributed by atoms with Crippen LogP contribution in [0.1, 0.15) is 12.0 Å². The predicted molar refractivity (Wildman–Crippen MR) is 76.9 cm³/mol. The van der Waals surface area contributed by atoms with Gasteiger partial charge in [-0.05, 0) is 31.5 Å². The van der Waals surface area contributed by atoms with E-state index in [0.717, 1.165) is 30.6 Å². The Hall–Kier alpha value is -0.880. The van der Waals surface area contributed by atoms with Crippen LogP contribution in [-0.2, 0) is 10.0 Å². The Kier molecular flexibility index (Phi) is 4.62. The highest BCUT2D eigenvalue weighted by molar-refractivity contribution is 7.89. The minimum atomic E-state index is -3.56. The summed E-state index contributed by atoms with van der Waals surface area (Å²) in [7, 11) is -3.56. The van der Waals surface area contributed by atoms with Gasteiger partial charge in [0.15, 0.2) is 0 Å². The van der Waals surface area contributed by atoms with E-state index in [-0.39, 0.29) is 9.92 Å². The summed E-state index contributed by atoms with van der Waals surface area (Å²) in [6.45, 7) is 3.81. The van der Waals surface area contributed by atoms with E-state index in [0.29, 0.717) is 6.54 Å². The Morgan fingerprint density at radius 1 is 1.42 bits per heavy atom. The zero-order chi connectivity index (χ0) is 13.9. The second kappa shape index (κ2) is 6.05. The van der Waals surface area contributed by atoms with E-state index in [1.54, 1.807) is 19.1 Å². The van der Waals surface area contributed by atoms with Gasteiger partial charge >= 0.3 is 0 Å². The van der Waals surface area contributed by atoms with E-state index in [9.17, 15) is 8.42 Å². The second-order valence-corrected chi connectivity index (χ2v) is 6.64. The van der Waals surface area contributed by atoms with Crippen molar-refractivity contribution in [2.45, 2.75) is 18.2 Å². The lowest BCUT2D eigenvalue weighted by Gasteiger charge is -2.15. The third-order valence-corrected chi connectivity index (χ3v) is 5.15. The van der Waals surface area contributed by atoms with Gasteiger partial charge in [-0.15, -0.1) is 0 Å². The third-order valence-electron chi connectivity index (χ3n) is 3.09. The summed E-state index contributed by atoms with van der Waals surface area (Å²) in [4.78, 5) is 0.142. The first-order valence-corrected chi connectivity index (χ1v) is 8.00. The Labute approximate surface area is 118 Å². The molecule has 19 heavy (non-hydrogen) atoms. The fourth-order valence-corrected chi connectivity index (χ4v) is 3.54. The third kappa shape index (κ3) is 3.57. The smallest absolute Gasteiger partial charge is 0.242 e. The molecule has 0 unspecified atom stereocenters. The summed E-state index contributed by atoms with van der Waals surface area (Å²) in [5, 5.41) is 3.47. The molecule has 0 aliphatic carbocycles. The number of hydrogen-bond acceptors (Lipinski definition) is 3. The molecule has 2 N–H and O–H groups in total. The number of aryl methyl sites for hydroxylation is 1. The second-order valence-electron chi connectivity index (χ2n) is 4.53. The van der Waals surface area contributed by atoms with Crippen LogP contribution in [0.4, 0.5) is 0 Å². The van der Waals surface area contributed by atoms with Gasteiger partial charge in [0.05, 0.1) is 5.02 Å². The fourth-order valence-electron chi connectivity index (χ4n) is 1.92. The van der Waals surface area contributed by atoms with E-state index in [4.69, 9.17) is 11.6 Å². The molecule has 0 saturated carbocycles. The molecule has 4 nitrogen and oxygen atoms in total. The van der Waals surface area contributed by atoms with Gasteiger partial charge in [0.25, 0.3) is 0 Å². The number of sulfonamides is 1. The van der Waals surface area contributed by atoms with Crippen LogP contribution < -0.4 is 10.0 Å². The van der Waals surface area contributed by atoms with E-state index in [1.165, 1.54) is 6.07 Å². The van der Waals surface area contributed by atoms with Gasteiger partial charge in [-0.1, -0.05) is 35.4 Å². The average Bonchev–Trinajstić information content (AvgIpc) is 2.41. The molecule has 0 saturated heterocycles. The molecule has 0 atom stereocenters. The molecule has 0 aromatic heterocycles. The molecule has 0 fully saturated rings.